The van der Waals surface area contributed by atoms with Gasteiger partial charge in [0.25, 0.3) is 0 Å². The summed E-state index contributed by atoms with van der Waals surface area (Å²) in [6, 6.07) is 0. The molecule has 0 amide bonds. The molecule has 0 aromatic heterocycles. The normalized spacial score (nSPS) is 11.9. The van der Waals surface area contributed by atoms with Crippen LogP contribution in [0, 0.1) is 0 Å². The number of carbonyl (C=O) groups excluding carboxylic acids is 3. The SMILES string of the molecule is CCCCCCCCCCCCCCCCCCCCCCCCCCCCCCCCCCC(=O)OCC(COC(=O)CCCCCCCCCC)OC(=O)CCCCCCCCCCCCCCCCCCCC. The second-order valence-corrected chi connectivity index (χ2v) is 24.2. The van der Waals surface area contributed by atoms with Crippen molar-refractivity contribution in [3.8, 4) is 0 Å². The first kappa shape index (κ1) is 74.4. The van der Waals surface area contributed by atoms with Gasteiger partial charge >= 0.3 is 17.9 Å². The number of esters is 3. The predicted molar refractivity (Wildman–Crippen MR) is 330 cm³/mol. The molecule has 0 radical (unpaired) electrons. The molecule has 452 valence electrons. The molecule has 0 aliphatic heterocycles. The lowest BCUT2D eigenvalue weighted by Gasteiger charge is -2.18. The molecule has 0 bridgehead atoms. The van der Waals surface area contributed by atoms with Crippen molar-refractivity contribution in [2.24, 2.45) is 0 Å². The lowest BCUT2D eigenvalue weighted by molar-refractivity contribution is -0.167. The Labute approximate surface area is 476 Å². The Hall–Kier alpha value is -1.59. The molecule has 6 nitrogen and oxygen atoms in total. The van der Waals surface area contributed by atoms with Crippen LogP contribution in [0.1, 0.15) is 412 Å². The van der Waals surface area contributed by atoms with Gasteiger partial charge in [-0.05, 0) is 19.3 Å². The maximum Gasteiger partial charge on any atom is 0.306 e. The topological polar surface area (TPSA) is 78.9 Å². The number of unbranched alkanes of at least 4 members (excludes halogenated alkanes) is 55. The zero-order chi connectivity index (χ0) is 55.0. The van der Waals surface area contributed by atoms with Gasteiger partial charge < -0.3 is 14.2 Å². The fourth-order valence-corrected chi connectivity index (χ4v) is 11.1. The molecule has 0 rings (SSSR count). The maximum atomic E-state index is 12.9. The fourth-order valence-electron chi connectivity index (χ4n) is 11.1. The van der Waals surface area contributed by atoms with Crippen molar-refractivity contribution in [1.29, 1.82) is 0 Å². The summed E-state index contributed by atoms with van der Waals surface area (Å²) in [6.45, 7) is 6.70. The highest BCUT2D eigenvalue weighted by atomic mass is 16.6. The van der Waals surface area contributed by atoms with Crippen LogP contribution in [-0.2, 0) is 28.6 Å². The lowest BCUT2D eigenvalue weighted by Crippen LogP contribution is -2.30. The van der Waals surface area contributed by atoms with E-state index in [9.17, 15) is 14.4 Å². The monoisotopic (exact) mass is 1070 g/mol. The van der Waals surface area contributed by atoms with Crippen LogP contribution >= 0.6 is 0 Å². The highest BCUT2D eigenvalue weighted by Crippen LogP contribution is 2.19. The van der Waals surface area contributed by atoms with Crippen molar-refractivity contribution in [1.82, 2.24) is 0 Å². The Morgan fingerprint density at radius 2 is 0.355 bits per heavy atom. The average molecular weight is 1070 g/mol. The number of hydrogen-bond donors (Lipinski definition) is 0. The molecule has 0 heterocycles. The van der Waals surface area contributed by atoms with E-state index in [2.05, 4.69) is 20.8 Å². The molecule has 0 fully saturated rings. The minimum atomic E-state index is -0.761. The fraction of sp³-hybridized carbons (Fsp3) is 0.957. The van der Waals surface area contributed by atoms with Crippen molar-refractivity contribution in [2.45, 2.75) is 419 Å². The van der Waals surface area contributed by atoms with Crippen LogP contribution in [-0.4, -0.2) is 37.2 Å². The van der Waals surface area contributed by atoms with E-state index in [1.165, 1.54) is 315 Å². The molecular weight excluding hydrogens is 937 g/mol. The Bertz CT molecular complexity index is 1140. The minimum absolute atomic E-state index is 0.0611. The highest BCUT2D eigenvalue weighted by molar-refractivity contribution is 5.71. The van der Waals surface area contributed by atoms with Crippen LogP contribution in [0.5, 0.6) is 0 Å². The number of rotatable bonds is 66. The molecule has 1 unspecified atom stereocenters. The molecule has 0 spiro atoms. The Morgan fingerprint density at radius 1 is 0.211 bits per heavy atom. The van der Waals surface area contributed by atoms with E-state index in [0.29, 0.717) is 19.3 Å². The van der Waals surface area contributed by atoms with Crippen molar-refractivity contribution in [3.05, 3.63) is 0 Å². The van der Waals surface area contributed by atoms with Crippen LogP contribution in [0.3, 0.4) is 0 Å². The first-order valence-corrected chi connectivity index (χ1v) is 35.0. The van der Waals surface area contributed by atoms with Gasteiger partial charge in [0.05, 0.1) is 0 Å². The van der Waals surface area contributed by atoms with Crippen LogP contribution in [0.15, 0.2) is 0 Å². The molecule has 0 saturated heterocycles. The molecule has 0 aromatic carbocycles. The van der Waals surface area contributed by atoms with Crippen molar-refractivity contribution in [2.75, 3.05) is 13.2 Å². The summed E-state index contributed by atoms with van der Waals surface area (Å²) < 4.78 is 16.9. The van der Waals surface area contributed by atoms with Crippen LogP contribution < -0.4 is 0 Å². The summed E-state index contributed by atoms with van der Waals surface area (Å²) in [7, 11) is 0. The van der Waals surface area contributed by atoms with Gasteiger partial charge in [-0.25, -0.2) is 0 Å². The largest absolute Gasteiger partial charge is 0.462 e. The van der Waals surface area contributed by atoms with Crippen molar-refractivity contribution >= 4 is 17.9 Å². The molecule has 0 saturated carbocycles. The maximum absolute atomic E-state index is 12.9. The van der Waals surface area contributed by atoms with E-state index in [-0.39, 0.29) is 31.1 Å². The zero-order valence-electron chi connectivity index (χ0n) is 52.1. The van der Waals surface area contributed by atoms with Crippen molar-refractivity contribution < 1.29 is 28.6 Å². The van der Waals surface area contributed by atoms with E-state index in [0.717, 1.165) is 57.8 Å². The molecule has 6 heteroatoms. The van der Waals surface area contributed by atoms with Gasteiger partial charge in [0.1, 0.15) is 13.2 Å². The van der Waals surface area contributed by atoms with Gasteiger partial charge in [0.2, 0.25) is 0 Å². The van der Waals surface area contributed by atoms with Crippen LogP contribution in [0.25, 0.3) is 0 Å². The standard InChI is InChI=1S/C70H136O6/c1-4-7-10-13-16-19-21-23-25-27-29-30-31-32-33-34-35-36-37-38-39-40-41-42-44-45-47-49-51-54-57-60-63-69(72)75-66-67(65-74-68(71)62-59-56-53-18-15-12-9-6-3)76-70(73)64-61-58-55-52-50-48-46-43-28-26-24-22-20-17-14-11-8-5-2/h67H,4-66H2,1-3H3. The third-order valence-corrected chi connectivity index (χ3v) is 16.4. The summed E-state index contributed by atoms with van der Waals surface area (Å²) >= 11 is 0. The lowest BCUT2D eigenvalue weighted by atomic mass is 10.0. The van der Waals surface area contributed by atoms with Gasteiger partial charge in [-0.3, -0.25) is 14.4 Å². The first-order valence-electron chi connectivity index (χ1n) is 35.0. The second kappa shape index (κ2) is 65.9. The van der Waals surface area contributed by atoms with Gasteiger partial charge in [-0.1, -0.05) is 374 Å². The third kappa shape index (κ3) is 63.2. The summed E-state index contributed by atoms with van der Waals surface area (Å²) in [5.41, 5.74) is 0. The highest BCUT2D eigenvalue weighted by Gasteiger charge is 2.19. The second-order valence-electron chi connectivity index (χ2n) is 24.2. The first-order chi connectivity index (χ1) is 37.5. The van der Waals surface area contributed by atoms with Crippen molar-refractivity contribution in [3.63, 3.8) is 0 Å². The van der Waals surface area contributed by atoms with Crippen LogP contribution in [0.4, 0.5) is 0 Å². The smallest absolute Gasteiger partial charge is 0.306 e. The van der Waals surface area contributed by atoms with E-state index in [1.54, 1.807) is 0 Å². The molecule has 76 heavy (non-hydrogen) atoms. The Balaban J connectivity index is 3.96. The van der Waals surface area contributed by atoms with E-state index < -0.39 is 6.10 Å². The minimum Gasteiger partial charge on any atom is -0.462 e. The summed E-state index contributed by atoms with van der Waals surface area (Å²) in [4.78, 5) is 38.2. The summed E-state index contributed by atoms with van der Waals surface area (Å²) in [5.74, 6) is -0.832. The van der Waals surface area contributed by atoms with Gasteiger partial charge in [-0.15, -0.1) is 0 Å². The van der Waals surface area contributed by atoms with Gasteiger partial charge in [-0.2, -0.15) is 0 Å². The summed E-state index contributed by atoms with van der Waals surface area (Å²) in [5, 5.41) is 0. The van der Waals surface area contributed by atoms with E-state index in [1.807, 2.05) is 0 Å². The molecule has 0 aliphatic rings. The average Bonchev–Trinajstić information content (AvgIpc) is 3.42. The van der Waals surface area contributed by atoms with E-state index >= 15 is 0 Å². The predicted octanol–water partition coefficient (Wildman–Crippen LogP) is 23.8. The zero-order valence-corrected chi connectivity index (χ0v) is 52.1. The summed E-state index contributed by atoms with van der Waals surface area (Å²) in [6.07, 6.45) is 77.4. The quantitative estimate of drug-likeness (QED) is 0.0343. The molecule has 0 aromatic rings. The number of hydrogen-bond acceptors (Lipinski definition) is 6. The molecule has 0 aliphatic carbocycles. The van der Waals surface area contributed by atoms with Gasteiger partial charge in [0.15, 0.2) is 6.10 Å². The molecule has 0 N–H and O–H groups in total. The van der Waals surface area contributed by atoms with Gasteiger partial charge in [0, 0.05) is 19.3 Å². The van der Waals surface area contributed by atoms with Crippen LogP contribution in [0.2, 0.25) is 0 Å². The number of carbonyl (C=O) groups is 3. The molecule has 1 atom stereocenters. The Morgan fingerprint density at radius 3 is 0.526 bits per heavy atom. The molecular formula is C70H136O6. The number of ether oxygens (including phenoxy) is 3. The Kier molecular flexibility index (Phi) is 64.5. The third-order valence-electron chi connectivity index (χ3n) is 16.4. The van der Waals surface area contributed by atoms with E-state index in [4.69, 9.17) is 14.2 Å².